The fourth-order valence-corrected chi connectivity index (χ4v) is 1.81. The molecular weight excluding hydrogens is 271 g/mol. The van der Waals surface area contributed by atoms with Gasteiger partial charge in [-0.1, -0.05) is 47.5 Å². The molecular formula is C14H12Cl2O2. The van der Waals surface area contributed by atoms with E-state index >= 15 is 0 Å². The van der Waals surface area contributed by atoms with Crippen molar-refractivity contribution in [3.05, 3.63) is 64.1 Å². The Labute approximate surface area is 116 Å². The molecule has 0 aliphatic rings. The van der Waals surface area contributed by atoms with Gasteiger partial charge in [-0.05, 0) is 29.8 Å². The fraction of sp³-hybridized carbons (Fsp3) is 0.143. The number of rotatable bonds is 4. The molecule has 0 saturated carbocycles. The van der Waals surface area contributed by atoms with Crippen LogP contribution in [0, 0.1) is 0 Å². The average Bonchev–Trinajstić information content (AvgIpc) is 2.40. The zero-order valence-corrected chi connectivity index (χ0v) is 11.0. The predicted octanol–water partition coefficient (Wildman–Crippen LogP) is 4.11. The van der Waals surface area contributed by atoms with Crippen LogP contribution < -0.4 is 4.74 Å². The molecule has 2 aromatic carbocycles. The Morgan fingerprint density at radius 1 is 1.00 bits per heavy atom. The van der Waals surface area contributed by atoms with E-state index in [0.717, 1.165) is 5.75 Å². The van der Waals surface area contributed by atoms with E-state index in [0.29, 0.717) is 15.6 Å². The second kappa shape index (κ2) is 6.10. The summed E-state index contributed by atoms with van der Waals surface area (Å²) in [4.78, 5) is 0. The first kappa shape index (κ1) is 13.2. The lowest BCUT2D eigenvalue weighted by atomic mass is 10.1. The van der Waals surface area contributed by atoms with Gasteiger partial charge in [-0.3, -0.25) is 0 Å². The summed E-state index contributed by atoms with van der Waals surface area (Å²) >= 11 is 11.7. The minimum absolute atomic E-state index is 0.169. The van der Waals surface area contributed by atoms with E-state index in [1.807, 2.05) is 30.3 Å². The fourth-order valence-electron chi connectivity index (χ4n) is 1.51. The van der Waals surface area contributed by atoms with Gasteiger partial charge in [-0.15, -0.1) is 0 Å². The molecule has 2 rings (SSSR count). The Bertz CT molecular complexity index is 514. The highest BCUT2D eigenvalue weighted by molar-refractivity contribution is 6.42. The normalized spacial score (nSPS) is 12.2. The first-order valence-electron chi connectivity index (χ1n) is 5.47. The smallest absolute Gasteiger partial charge is 0.119 e. The van der Waals surface area contributed by atoms with Gasteiger partial charge in [0.15, 0.2) is 0 Å². The number of halogens is 2. The van der Waals surface area contributed by atoms with Crippen LogP contribution in [0.25, 0.3) is 0 Å². The third-order valence-corrected chi connectivity index (χ3v) is 3.22. The molecule has 1 unspecified atom stereocenters. The lowest BCUT2D eigenvalue weighted by molar-refractivity contribution is 0.108. The lowest BCUT2D eigenvalue weighted by Crippen LogP contribution is -2.09. The van der Waals surface area contributed by atoms with Crippen LogP contribution in [0.15, 0.2) is 48.5 Å². The van der Waals surface area contributed by atoms with Crippen LogP contribution in [0.5, 0.6) is 5.75 Å². The van der Waals surface area contributed by atoms with Crippen molar-refractivity contribution in [2.75, 3.05) is 6.61 Å². The second-order valence-corrected chi connectivity index (χ2v) is 4.63. The molecule has 1 N–H and O–H groups in total. The predicted molar refractivity (Wildman–Crippen MR) is 73.4 cm³/mol. The van der Waals surface area contributed by atoms with Crippen molar-refractivity contribution in [3.8, 4) is 5.75 Å². The SMILES string of the molecule is OC(COc1ccccc1)c1ccc(Cl)c(Cl)c1. The molecule has 2 aromatic rings. The minimum Gasteiger partial charge on any atom is -0.491 e. The number of hydrogen-bond acceptors (Lipinski definition) is 2. The summed E-state index contributed by atoms with van der Waals surface area (Å²) in [7, 11) is 0. The molecule has 1 atom stereocenters. The number of para-hydroxylation sites is 1. The molecule has 0 amide bonds. The largest absolute Gasteiger partial charge is 0.491 e. The van der Waals surface area contributed by atoms with Crippen LogP contribution in [0.3, 0.4) is 0 Å². The van der Waals surface area contributed by atoms with E-state index in [9.17, 15) is 5.11 Å². The summed E-state index contributed by atoms with van der Waals surface area (Å²) in [5, 5.41) is 10.9. The zero-order chi connectivity index (χ0) is 13.0. The summed E-state index contributed by atoms with van der Waals surface area (Å²) in [5.74, 6) is 0.719. The molecule has 2 nitrogen and oxygen atoms in total. The van der Waals surface area contributed by atoms with Crippen LogP contribution in [-0.2, 0) is 0 Å². The van der Waals surface area contributed by atoms with E-state index in [1.54, 1.807) is 18.2 Å². The zero-order valence-electron chi connectivity index (χ0n) is 9.51. The molecule has 94 valence electrons. The van der Waals surface area contributed by atoms with E-state index in [2.05, 4.69) is 0 Å². The number of hydrogen-bond donors (Lipinski definition) is 1. The summed E-state index contributed by atoms with van der Waals surface area (Å²) < 4.78 is 5.47. The molecule has 18 heavy (non-hydrogen) atoms. The van der Waals surface area contributed by atoms with Gasteiger partial charge < -0.3 is 9.84 Å². The van der Waals surface area contributed by atoms with Gasteiger partial charge in [0.2, 0.25) is 0 Å². The second-order valence-electron chi connectivity index (χ2n) is 3.81. The number of aliphatic hydroxyl groups excluding tert-OH is 1. The molecule has 0 bridgehead atoms. The average molecular weight is 283 g/mol. The van der Waals surface area contributed by atoms with Gasteiger partial charge in [0, 0.05) is 0 Å². The summed E-state index contributed by atoms with van der Waals surface area (Å²) in [6.45, 7) is 0.169. The van der Waals surface area contributed by atoms with Crippen LogP contribution >= 0.6 is 23.2 Å². The first-order valence-corrected chi connectivity index (χ1v) is 6.23. The third-order valence-electron chi connectivity index (χ3n) is 2.48. The van der Waals surface area contributed by atoms with Gasteiger partial charge in [0.05, 0.1) is 10.0 Å². The van der Waals surface area contributed by atoms with Crippen molar-refractivity contribution < 1.29 is 9.84 Å². The molecule has 0 aliphatic carbocycles. The molecule has 0 spiro atoms. The molecule has 0 fully saturated rings. The summed E-state index contributed by atoms with van der Waals surface area (Å²) in [6, 6.07) is 14.4. The van der Waals surface area contributed by atoms with Gasteiger partial charge in [0.1, 0.15) is 18.5 Å². The number of aliphatic hydroxyl groups is 1. The quantitative estimate of drug-likeness (QED) is 0.915. The van der Waals surface area contributed by atoms with Crippen molar-refractivity contribution in [2.45, 2.75) is 6.10 Å². The van der Waals surface area contributed by atoms with Crippen LogP contribution in [0.2, 0.25) is 10.0 Å². The van der Waals surface area contributed by atoms with Crippen molar-refractivity contribution in [1.29, 1.82) is 0 Å². The van der Waals surface area contributed by atoms with Gasteiger partial charge in [0.25, 0.3) is 0 Å². The maximum Gasteiger partial charge on any atom is 0.119 e. The number of benzene rings is 2. The van der Waals surface area contributed by atoms with E-state index in [4.69, 9.17) is 27.9 Å². The van der Waals surface area contributed by atoms with Crippen molar-refractivity contribution in [1.82, 2.24) is 0 Å². The number of ether oxygens (including phenoxy) is 1. The Balaban J connectivity index is 1.99. The van der Waals surface area contributed by atoms with Crippen molar-refractivity contribution in [3.63, 3.8) is 0 Å². The highest BCUT2D eigenvalue weighted by Gasteiger charge is 2.10. The first-order chi connectivity index (χ1) is 8.66. The highest BCUT2D eigenvalue weighted by Crippen LogP contribution is 2.26. The molecule has 0 aromatic heterocycles. The Morgan fingerprint density at radius 2 is 1.72 bits per heavy atom. The van der Waals surface area contributed by atoms with Crippen LogP contribution in [0.4, 0.5) is 0 Å². The van der Waals surface area contributed by atoms with Crippen LogP contribution in [0.1, 0.15) is 11.7 Å². The van der Waals surface area contributed by atoms with Crippen molar-refractivity contribution in [2.24, 2.45) is 0 Å². The maximum atomic E-state index is 9.97. The molecule has 0 radical (unpaired) electrons. The molecule has 0 saturated heterocycles. The standard InChI is InChI=1S/C14H12Cl2O2/c15-12-7-6-10(8-13(12)16)14(17)9-18-11-4-2-1-3-5-11/h1-8,14,17H,9H2. The van der Waals surface area contributed by atoms with Gasteiger partial charge in [-0.25, -0.2) is 0 Å². The Morgan fingerprint density at radius 3 is 2.39 bits per heavy atom. The van der Waals surface area contributed by atoms with E-state index in [1.165, 1.54) is 0 Å². The van der Waals surface area contributed by atoms with Gasteiger partial charge >= 0.3 is 0 Å². The third kappa shape index (κ3) is 3.39. The van der Waals surface area contributed by atoms with Gasteiger partial charge in [-0.2, -0.15) is 0 Å². The van der Waals surface area contributed by atoms with E-state index < -0.39 is 6.10 Å². The topological polar surface area (TPSA) is 29.5 Å². The minimum atomic E-state index is -0.736. The van der Waals surface area contributed by atoms with Crippen LogP contribution in [-0.4, -0.2) is 11.7 Å². The molecule has 0 aliphatic heterocycles. The maximum absolute atomic E-state index is 9.97. The molecule has 0 heterocycles. The lowest BCUT2D eigenvalue weighted by Gasteiger charge is -2.13. The van der Waals surface area contributed by atoms with E-state index in [-0.39, 0.29) is 6.61 Å². The molecule has 4 heteroatoms. The highest BCUT2D eigenvalue weighted by atomic mass is 35.5. The monoisotopic (exact) mass is 282 g/mol. The Hall–Kier alpha value is -1.22. The summed E-state index contributed by atoms with van der Waals surface area (Å²) in [6.07, 6.45) is -0.736. The Kier molecular flexibility index (Phi) is 4.48. The summed E-state index contributed by atoms with van der Waals surface area (Å²) in [5.41, 5.74) is 0.681. The van der Waals surface area contributed by atoms with Crippen molar-refractivity contribution >= 4 is 23.2 Å².